The van der Waals surface area contributed by atoms with Gasteiger partial charge in [-0.15, -0.1) is 24.0 Å². The van der Waals surface area contributed by atoms with Crippen LogP contribution >= 0.6 is 24.0 Å². The lowest BCUT2D eigenvalue weighted by atomic mass is 10.1. The Morgan fingerprint density at radius 1 is 1.22 bits per heavy atom. The van der Waals surface area contributed by atoms with E-state index in [9.17, 15) is 0 Å². The van der Waals surface area contributed by atoms with Gasteiger partial charge in [0, 0.05) is 25.2 Å². The van der Waals surface area contributed by atoms with Gasteiger partial charge in [-0.1, -0.05) is 12.1 Å². The molecule has 1 heterocycles. The van der Waals surface area contributed by atoms with E-state index in [0.717, 1.165) is 49.9 Å². The minimum Gasteiger partial charge on any atom is -0.357 e. The van der Waals surface area contributed by atoms with E-state index < -0.39 is 0 Å². The summed E-state index contributed by atoms with van der Waals surface area (Å²) < 4.78 is 2.29. The lowest BCUT2D eigenvalue weighted by Gasteiger charge is -2.31. The Morgan fingerprint density at radius 2 is 1.93 bits per heavy atom. The fourth-order valence-corrected chi connectivity index (χ4v) is 2.68. The summed E-state index contributed by atoms with van der Waals surface area (Å²) in [5.41, 5.74) is 2.31. The van der Waals surface area contributed by atoms with Crippen molar-refractivity contribution in [3.05, 3.63) is 30.1 Å². The first-order chi connectivity index (χ1) is 12.3. The summed E-state index contributed by atoms with van der Waals surface area (Å²) in [6, 6.07) is 8.31. The summed E-state index contributed by atoms with van der Waals surface area (Å²) in [7, 11) is 4.18. The van der Waals surface area contributed by atoms with Gasteiger partial charge < -0.3 is 20.1 Å². The first kappa shape index (κ1) is 23.7. The molecule has 1 aromatic carbocycles. The van der Waals surface area contributed by atoms with Gasteiger partial charge in [0.15, 0.2) is 5.96 Å². The molecule has 152 valence electrons. The number of halogens is 1. The predicted octanol–water partition coefficient (Wildman–Crippen LogP) is 3.25. The molecular formula is C20H35IN6. The molecule has 0 saturated carbocycles. The molecular weight excluding hydrogens is 451 g/mol. The van der Waals surface area contributed by atoms with Crippen LogP contribution in [0.4, 0.5) is 0 Å². The van der Waals surface area contributed by atoms with Crippen molar-refractivity contribution in [2.45, 2.75) is 46.2 Å². The second-order valence-corrected chi connectivity index (χ2v) is 7.48. The van der Waals surface area contributed by atoms with Crippen molar-refractivity contribution >= 4 is 41.0 Å². The molecule has 0 amide bonds. The minimum atomic E-state index is 0. The summed E-state index contributed by atoms with van der Waals surface area (Å²) in [5.74, 6) is 1.95. The smallest absolute Gasteiger partial charge is 0.191 e. The van der Waals surface area contributed by atoms with Gasteiger partial charge in [-0.25, -0.2) is 4.98 Å². The number of fused-ring (bicyclic) bond motifs is 1. The van der Waals surface area contributed by atoms with Crippen molar-refractivity contribution in [3.8, 4) is 0 Å². The monoisotopic (exact) mass is 486 g/mol. The number of aromatic nitrogens is 2. The molecule has 2 N–H and O–H groups in total. The van der Waals surface area contributed by atoms with Crippen LogP contribution in [0.3, 0.4) is 0 Å². The van der Waals surface area contributed by atoms with Gasteiger partial charge in [0.05, 0.1) is 17.6 Å². The summed E-state index contributed by atoms with van der Waals surface area (Å²) in [6.07, 6.45) is 1.02. The number of aryl methyl sites for hydroxylation is 2. The van der Waals surface area contributed by atoms with Gasteiger partial charge in [0.1, 0.15) is 5.82 Å². The molecule has 0 saturated heterocycles. The molecule has 0 spiro atoms. The Morgan fingerprint density at radius 3 is 2.59 bits per heavy atom. The quantitative estimate of drug-likeness (QED) is 0.260. The highest BCUT2D eigenvalue weighted by Gasteiger charge is 2.19. The number of guanidine groups is 1. The minimum absolute atomic E-state index is 0. The third kappa shape index (κ3) is 6.64. The molecule has 0 bridgehead atoms. The van der Waals surface area contributed by atoms with Crippen LogP contribution in [0.5, 0.6) is 0 Å². The molecule has 0 unspecified atom stereocenters. The summed E-state index contributed by atoms with van der Waals surface area (Å²) in [6.45, 7) is 12.0. The number of imidazole rings is 1. The highest BCUT2D eigenvalue weighted by Crippen LogP contribution is 2.15. The van der Waals surface area contributed by atoms with E-state index in [1.807, 2.05) is 6.07 Å². The van der Waals surface area contributed by atoms with E-state index in [4.69, 9.17) is 4.99 Å². The van der Waals surface area contributed by atoms with Crippen LogP contribution in [0, 0.1) is 6.92 Å². The number of likely N-dealkylation sites (N-methyl/N-ethyl adjacent to an activating group) is 1. The second-order valence-electron chi connectivity index (χ2n) is 7.48. The van der Waals surface area contributed by atoms with E-state index in [2.05, 4.69) is 85.1 Å². The summed E-state index contributed by atoms with van der Waals surface area (Å²) >= 11 is 0. The van der Waals surface area contributed by atoms with E-state index in [-0.39, 0.29) is 29.5 Å². The molecule has 0 aliphatic heterocycles. The third-order valence-electron chi connectivity index (χ3n) is 4.88. The molecule has 6 nitrogen and oxygen atoms in total. The maximum atomic E-state index is 4.74. The second kappa shape index (κ2) is 10.8. The van der Waals surface area contributed by atoms with Crippen LogP contribution in [-0.4, -0.2) is 59.7 Å². The topological polar surface area (TPSA) is 57.5 Å². The Hall–Kier alpha value is -1.35. The van der Waals surface area contributed by atoms with Crippen LogP contribution in [0.1, 0.15) is 33.0 Å². The Balaban J connectivity index is 0.00000364. The van der Waals surface area contributed by atoms with Gasteiger partial charge in [-0.3, -0.25) is 4.99 Å². The lowest BCUT2D eigenvalue weighted by Crippen LogP contribution is -2.44. The van der Waals surface area contributed by atoms with Crippen molar-refractivity contribution in [3.63, 3.8) is 0 Å². The van der Waals surface area contributed by atoms with Crippen LogP contribution in [-0.2, 0) is 6.54 Å². The van der Waals surface area contributed by atoms with Gasteiger partial charge >= 0.3 is 0 Å². The van der Waals surface area contributed by atoms with Gasteiger partial charge in [-0.2, -0.15) is 0 Å². The van der Waals surface area contributed by atoms with Gasteiger partial charge in [0.2, 0.25) is 0 Å². The zero-order chi connectivity index (χ0) is 19.2. The Kier molecular flexibility index (Phi) is 9.52. The highest BCUT2D eigenvalue weighted by atomic mass is 127. The average Bonchev–Trinajstić information content (AvgIpc) is 2.91. The number of para-hydroxylation sites is 2. The highest BCUT2D eigenvalue weighted by molar-refractivity contribution is 14.0. The molecule has 0 fully saturated rings. The summed E-state index contributed by atoms with van der Waals surface area (Å²) in [5, 5.41) is 6.78. The molecule has 7 heteroatoms. The van der Waals surface area contributed by atoms with Crippen LogP contribution in [0.2, 0.25) is 0 Å². The van der Waals surface area contributed by atoms with E-state index in [1.54, 1.807) is 0 Å². The molecule has 0 atom stereocenters. The van der Waals surface area contributed by atoms with Crippen LogP contribution in [0.25, 0.3) is 11.0 Å². The molecule has 27 heavy (non-hydrogen) atoms. The van der Waals surface area contributed by atoms with E-state index in [0.29, 0.717) is 0 Å². The van der Waals surface area contributed by atoms with Gasteiger partial charge in [0.25, 0.3) is 0 Å². The van der Waals surface area contributed by atoms with E-state index in [1.165, 1.54) is 5.52 Å². The molecule has 0 radical (unpaired) electrons. The number of benzene rings is 1. The fourth-order valence-electron chi connectivity index (χ4n) is 2.68. The first-order valence-corrected chi connectivity index (χ1v) is 9.46. The lowest BCUT2D eigenvalue weighted by molar-refractivity contribution is 0.204. The first-order valence-electron chi connectivity index (χ1n) is 9.46. The number of rotatable bonds is 8. The summed E-state index contributed by atoms with van der Waals surface area (Å²) in [4.78, 5) is 11.6. The number of nitrogens with one attached hydrogen (secondary N) is 2. The normalized spacial score (nSPS) is 12.3. The number of hydrogen-bond donors (Lipinski definition) is 2. The standard InChI is InChI=1S/C20H34N6.HI/c1-7-21-19(23-15-20(3,4)25(5)6)22-13-10-14-26-16(2)24-17-11-8-9-12-18(17)26;/h8-9,11-12H,7,10,13-15H2,1-6H3,(H2,21,22,23);1H. The number of hydrogen-bond acceptors (Lipinski definition) is 3. The number of aliphatic imine (C=N–C) groups is 1. The molecule has 2 rings (SSSR count). The molecule has 1 aromatic heterocycles. The zero-order valence-electron chi connectivity index (χ0n) is 17.5. The molecule has 2 aromatic rings. The SMILES string of the molecule is CCNC(=NCC(C)(C)N(C)C)NCCCn1c(C)nc2ccccc21.I. The predicted molar refractivity (Wildman–Crippen MR) is 126 cm³/mol. The van der Waals surface area contributed by atoms with E-state index >= 15 is 0 Å². The largest absolute Gasteiger partial charge is 0.357 e. The van der Waals surface area contributed by atoms with Crippen molar-refractivity contribution in [2.24, 2.45) is 4.99 Å². The molecule has 0 aliphatic rings. The van der Waals surface area contributed by atoms with Crippen molar-refractivity contribution in [2.75, 3.05) is 33.7 Å². The van der Waals surface area contributed by atoms with Crippen LogP contribution < -0.4 is 10.6 Å². The number of nitrogens with zero attached hydrogens (tertiary/aromatic N) is 4. The Bertz CT molecular complexity index is 735. The third-order valence-corrected chi connectivity index (χ3v) is 4.88. The van der Waals surface area contributed by atoms with Crippen LogP contribution in [0.15, 0.2) is 29.3 Å². The van der Waals surface area contributed by atoms with Crippen molar-refractivity contribution in [1.82, 2.24) is 25.1 Å². The fraction of sp³-hybridized carbons (Fsp3) is 0.600. The van der Waals surface area contributed by atoms with Crippen molar-refractivity contribution in [1.29, 1.82) is 0 Å². The zero-order valence-corrected chi connectivity index (χ0v) is 19.9. The maximum absolute atomic E-state index is 4.74. The Labute approximate surface area is 180 Å². The average molecular weight is 486 g/mol. The van der Waals surface area contributed by atoms with Crippen molar-refractivity contribution < 1.29 is 0 Å². The maximum Gasteiger partial charge on any atom is 0.191 e. The van der Waals surface area contributed by atoms with Gasteiger partial charge in [-0.05, 0) is 60.3 Å². The molecule has 0 aliphatic carbocycles.